The molecule has 9 nitrogen and oxygen atoms in total. The number of aromatic nitrogens is 2. The molecule has 1 aromatic carbocycles. The summed E-state index contributed by atoms with van der Waals surface area (Å²) in [4.78, 5) is 17.0. The monoisotopic (exact) mass is 430 g/mol. The first-order chi connectivity index (χ1) is 15.2. The van der Waals surface area contributed by atoms with Gasteiger partial charge in [0.1, 0.15) is 6.61 Å². The smallest absolute Gasteiger partial charge is 0.254 e. The summed E-state index contributed by atoms with van der Waals surface area (Å²) in [5, 5.41) is 8.35. The minimum atomic E-state index is -0.0170. The van der Waals surface area contributed by atoms with E-state index in [1.54, 1.807) is 31.4 Å². The van der Waals surface area contributed by atoms with Crippen molar-refractivity contribution in [1.29, 1.82) is 0 Å². The van der Waals surface area contributed by atoms with Crippen LogP contribution in [0.5, 0.6) is 17.4 Å². The summed E-state index contributed by atoms with van der Waals surface area (Å²) < 4.78 is 21.6. The Morgan fingerprint density at radius 2 is 1.65 bits per heavy atom. The van der Waals surface area contributed by atoms with Crippen molar-refractivity contribution in [1.82, 2.24) is 15.1 Å². The van der Waals surface area contributed by atoms with Crippen molar-refractivity contribution < 1.29 is 23.7 Å². The minimum absolute atomic E-state index is 0.0170. The number of benzene rings is 1. The molecule has 0 bridgehead atoms. The fraction of sp³-hybridized carbons (Fsp3) is 0.500. The standard InChI is InChI=1S/C22H30N4O5/c1-4-29-18-7-6-17(16-19(18)30-5-2)22(27)26-12-10-25(11-13-26)20-8-9-21(24-23-20)31-15-14-28-3/h6-9,16H,4-5,10-15H2,1-3H3. The highest BCUT2D eigenvalue weighted by molar-refractivity contribution is 5.95. The van der Waals surface area contributed by atoms with E-state index >= 15 is 0 Å². The number of carbonyl (C=O) groups excluding carboxylic acids is 1. The van der Waals surface area contributed by atoms with Gasteiger partial charge in [-0.1, -0.05) is 0 Å². The van der Waals surface area contributed by atoms with E-state index in [9.17, 15) is 4.79 Å². The van der Waals surface area contributed by atoms with Gasteiger partial charge in [-0.2, -0.15) is 0 Å². The van der Waals surface area contributed by atoms with Crippen LogP contribution >= 0.6 is 0 Å². The molecule has 168 valence electrons. The van der Waals surface area contributed by atoms with Gasteiger partial charge in [-0.05, 0) is 38.1 Å². The van der Waals surface area contributed by atoms with Crippen molar-refractivity contribution in [2.75, 3.05) is 64.6 Å². The third-order valence-corrected chi connectivity index (χ3v) is 4.84. The lowest BCUT2D eigenvalue weighted by atomic mass is 10.1. The second kappa shape index (κ2) is 11.4. The third kappa shape index (κ3) is 5.97. The maximum absolute atomic E-state index is 13.0. The van der Waals surface area contributed by atoms with E-state index in [1.807, 2.05) is 24.8 Å². The number of methoxy groups -OCH3 is 1. The van der Waals surface area contributed by atoms with Gasteiger partial charge in [0.25, 0.3) is 5.91 Å². The highest BCUT2D eigenvalue weighted by atomic mass is 16.5. The topological polar surface area (TPSA) is 86.3 Å². The van der Waals surface area contributed by atoms with Crippen molar-refractivity contribution in [3.05, 3.63) is 35.9 Å². The Balaban J connectivity index is 1.57. The Hall–Kier alpha value is -3.07. The Kier molecular flexibility index (Phi) is 8.28. The molecule has 1 amide bonds. The maximum atomic E-state index is 13.0. The second-order valence-corrected chi connectivity index (χ2v) is 6.88. The second-order valence-electron chi connectivity index (χ2n) is 6.88. The molecule has 1 aliphatic heterocycles. The quantitative estimate of drug-likeness (QED) is 0.531. The van der Waals surface area contributed by atoms with Crippen LogP contribution in [0.3, 0.4) is 0 Å². The van der Waals surface area contributed by atoms with E-state index in [-0.39, 0.29) is 5.91 Å². The Bertz CT molecular complexity index is 838. The van der Waals surface area contributed by atoms with Crippen LogP contribution in [0.25, 0.3) is 0 Å². The van der Waals surface area contributed by atoms with Crippen LogP contribution in [-0.4, -0.2) is 80.7 Å². The number of piperazine rings is 1. The molecule has 0 unspecified atom stereocenters. The van der Waals surface area contributed by atoms with E-state index in [4.69, 9.17) is 18.9 Å². The van der Waals surface area contributed by atoms with Gasteiger partial charge in [-0.3, -0.25) is 4.79 Å². The Labute approximate surface area is 182 Å². The number of amides is 1. The van der Waals surface area contributed by atoms with Crippen LogP contribution in [0.2, 0.25) is 0 Å². The molecular weight excluding hydrogens is 400 g/mol. The normalized spacial score (nSPS) is 13.8. The average Bonchev–Trinajstić information content (AvgIpc) is 2.81. The number of anilines is 1. The van der Waals surface area contributed by atoms with E-state index in [0.717, 1.165) is 5.82 Å². The van der Waals surface area contributed by atoms with Crippen molar-refractivity contribution in [3.63, 3.8) is 0 Å². The SMILES string of the molecule is CCOc1ccc(C(=O)N2CCN(c3ccc(OCCOC)nn3)CC2)cc1OCC. The first kappa shape index (κ1) is 22.6. The van der Waals surface area contributed by atoms with Gasteiger partial charge in [-0.25, -0.2) is 0 Å². The van der Waals surface area contributed by atoms with Crippen molar-refractivity contribution in [3.8, 4) is 17.4 Å². The van der Waals surface area contributed by atoms with Crippen LogP contribution in [-0.2, 0) is 4.74 Å². The first-order valence-electron chi connectivity index (χ1n) is 10.6. The lowest BCUT2D eigenvalue weighted by Gasteiger charge is -2.35. The molecule has 2 heterocycles. The first-order valence-corrected chi connectivity index (χ1v) is 10.6. The summed E-state index contributed by atoms with van der Waals surface area (Å²) in [6, 6.07) is 9.02. The summed E-state index contributed by atoms with van der Waals surface area (Å²) in [7, 11) is 1.62. The highest BCUT2D eigenvalue weighted by Gasteiger charge is 2.24. The molecule has 9 heteroatoms. The number of hydrogen-bond donors (Lipinski definition) is 0. The number of rotatable bonds is 10. The van der Waals surface area contributed by atoms with E-state index < -0.39 is 0 Å². The van der Waals surface area contributed by atoms with E-state index in [1.165, 1.54) is 0 Å². The van der Waals surface area contributed by atoms with Gasteiger partial charge in [0, 0.05) is 44.9 Å². The lowest BCUT2D eigenvalue weighted by molar-refractivity contribution is 0.0746. The molecule has 1 saturated heterocycles. The molecule has 1 fully saturated rings. The molecule has 31 heavy (non-hydrogen) atoms. The van der Waals surface area contributed by atoms with Gasteiger partial charge in [0.05, 0.1) is 19.8 Å². The molecule has 1 aromatic heterocycles. The minimum Gasteiger partial charge on any atom is -0.490 e. The Morgan fingerprint density at radius 3 is 2.29 bits per heavy atom. The predicted molar refractivity (Wildman–Crippen MR) is 116 cm³/mol. The average molecular weight is 431 g/mol. The number of nitrogens with zero attached hydrogens (tertiary/aromatic N) is 4. The number of ether oxygens (including phenoxy) is 4. The molecule has 0 spiro atoms. The van der Waals surface area contributed by atoms with Crippen LogP contribution in [0.1, 0.15) is 24.2 Å². The molecule has 0 N–H and O–H groups in total. The third-order valence-electron chi connectivity index (χ3n) is 4.84. The summed E-state index contributed by atoms with van der Waals surface area (Å²) in [5.41, 5.74) is 0.595. The molecule has 3 rings (SSSR count). The largest absolute Gasteiger partial charge is 0.490 e. The molecule has 0 atom stereocenters. The fourth-order valence-corrected chi connectivity index (χ4v) is 3.29. The molecule has 1 aliphatic rings. The maximum Gasteiger partial charge on any atom is 0.254 e. The molecule has 2 aromatic rings. The zero-order valence-electron chi connectivity index (χ0n) is 18.4. The summed E-state index contributed by atoms with van der Waals surface area (Å²) in [6.45, 7) is 8.37. The Morgan fingerprint density at radius 1 is 0.903 bits per heavy atom. The van der Waals surface area contributed by atoms with E-state index in [0.29, 0.717) is 75.5 Å². The van der Waals surface area contributed by atoms with Gasteiger partial charge >= 0.3 is 0 Å². The van der Waals surface area contributed by atoms with Gasteiger partial charge in [0.2, 0.25) is 5.88 Å². The van der Waals surface area contributed by atoms with E-state index in [2.05, 4.69) is 15.1 Å². The summed E-state index contributed by atoms with van der Waals surface area (Å²) in [5.74, 6) is 2.47. The van der Waals surface area contributed by atoms with Crippen molar-refractivity contribution in [2.45, 2.75) is 13.8 Å². The summed E-state index contributed by atoms with van der Waals surface area (Å²) in [6.07, 6.45) is 0. The molecular formula is C22H30N4O5. The van der Waals surface area contributed by atoms with Gasteiger partial charge in [-0.15, -0.1) is 10.2 Å². The van der Waals surface area contributed by atoms with Crippen LogP contribution < -0.4 is 19.1 Å². The molecule has 0 saturated carbocycles. The van der Waals surface area contributed by atoms with Crippen LogP contribution in [0.4, 0.5) is 5.82 Å². The fourth-order valence-electron chi connectivity index (χ4n) is 3.29. The zero-order valence-corrected chi connectivity index (χ0v) is 18.4. The van der Waals surface area contributed by atoms with Gasteiger partial charge < -0.3 is 28.7 Å². The van der Waals surface area contributed by atoms with Crippen molar-refractivity contribution >= 4 is 11.7 Å². The van der Waals surface area contributed by atoms with Crippen LogP contribution in [0.15, 0.2) is 30.3 Å². The van der Waals surface area contributed by atoms with Crippen LogP contribution in [0, 0.1) is 0 Å². The highest BCUT2D eigenvalue weighted by Crippen LogP contribution is 2.29. The number of carbonyl (C=O) groups is 1. The molecule has 0 aliphatic carbocycles. The zero-order chi connectivity index (χ0) is 22.1. The lowest BCUT2D eigenvalue weighted by Crippen LogP contribution is -2.49. The van der Waals surface area contributed by atoms with Crippen molar-refractivity contribution in [2.24, 2.45) is 0 Å². The molecule has 0 radical (unpaired) electrons. The number of hydrogen-bond acceptors (Lipinski definition) is 8. The predicted octanol–water partition coefficient (Wildman–Crippen LogP) is 2.26. The summed E-state index contributed by atoms with van der Waals surface area (Å²) >= 11 is 0. The van der Waals surface area contributed by atoms with Gasteiger partial charge in [0.15, 0.2) is 17.3 Å².